The minimum Gasteiger partial charge on any atom is -0.871 e. The molecule has 0 amide bonds. The van der Waals surface area contributed by atoms with E-state index in [1.165, 1.54) is 18.2 Å². The van der Waals surface area contributed by atoms with Gasteiger partial charge in [-0.1, -0.05) is 70.3 Å². The molecule has 3 aromatic heterocycles. The van der Waals surface area contributed by atoms with Gasteiger partial charge in [-0.25, -0.2) is 0 Å². The van der Waals surface area contributed by atoms with Crippen molar-refractivity contribution in [1.29, 1.82) is 0 Å². The van der Waals surface area contributed by atoms with E-state index in [9.17, 15) is 15.3 Å². The molecular formula is C27H15AlCl3N3O3. The Bertz CT molecular complexity index is 1370. The fourth-order valence-electron chi connectivity index (χ4n) is 3.34. The van der Waals surface area contributed by atoms with Crippen LogP contribution in [0, 0.1) is 0 Å². The summed E-state index contributed by atoms with van der Waals surface area (Å²) in [4.78, 5) is 11.8. The minimum absolute atomic E-state index is 0. The maximum atomic E-state index is 11.2. The number of nitrogens with zero attached hydrogens (tertiary/aromatic N) is 3. The standard InChI is InChI=1S/3C9H6ClNO.Al/c3*10-7-3-4-8(12)9-6(7)2-1-5-11-9;/h3*1-5,12H;/q;;;+3/p-3. The first-order chi connectivity index (χ1) is 17.4. The van der Waals surface area contributed by atoms with Crippen LogP contribution in [0.15, 0.2) is 91.4 Å². The summed E-state index contributed by atoms with van der Waals surface area (Å²) in [7, 11) is 0. The summed E-state index contributed by atoms with van der Waals surface area (Å²) in [6.45, 7) is 0. The quantitative estimate of drug-likeness (QED) is 0.226. The van der Waals surface area contributed by atoms with Crippen molar-refractivity contribution < 1.29 is 15.3 Å². The molecule has 6 nitrogen and oxygen atoms in total. The first-order valence-corrected chi connectivity index (χ1v) is 11.6. The SMILES string of the molecule is [Al+3].[O-]c1ccc(Cl)c2cccnc12.[O-]c1ccc(Cl)c2cccnc12.[O-]c1ccc(Cl)c2cccnc12. The van der Waals surface area contributed by atoms with Crippen LogP contribution in [0.3, 0.4) is 0 Å². The van der Waals surface area contributed by atoms with Crippen LogP contribution < -0.4 is 15.3 Å². The molecule has 0 saturated heterocycles. The Morgan fingerprint density at radius 1 is 0.432 bits per heavy atom. The summed E-state index contributed by atoms with van der Waals surface area (Å²) < 4.78 is 0. The van der Waals surface area contributed by atoms with Crippen LogP contribution in [-0.4, -0.2) is 32.3 Å². The van der Waals surface area contributed by atoms with Crippen molar-refractivity contribution in [3.05, 3.63) is 106 Å². The summed E-state index contributed by atoms with van der Waals surface area (Å²) in [5.41, 5.74) is 1.31. The molecule has 0 aliphatic heterocycles. The van der Waals surface area contributed by atoms with E-state index in [0.717, 1.165) is 0 Å². The molecule has 6 rings (SSSR count). The smallest absolute Gasteiger partial charge is 0.871 e. The molecule has 0 fully saturated rings. The van der Waals surface area contributed by atoms with Crippen LogP contribution in [0.25, 0.3) is 32.7 Å². The maximum absolute atomic E-state index is 11.2. The average molecular weight is 563 g/mol. The molecule has 0 radical (unpaired) electrons. The summed E-state index contributed by atoms with van der Waals surface area (Å²) in [6.07, 6.45) is 4.75. The van der Waals surface area contributed by atoms with Gasteiger partial charge in [-0.3, -0.25) is 15.0 Å². The fourth-order valence-corrected chi connectivity index (χ4v) is 3.98. The van der Waals surface area contributed by atoms with Crippen LogP contribution in [0.4, 0.5) is 0 Å². The van der Waals surface area contributed by atoms with Gasteiger partial charge in [-0.2, -0.15) is 0 Å². The zero-order valence-corrected chi connectivity index (χ0v) is 22.4. The Morgan fingerprint density at radius 2 is 0.703 bits per heavy atom. The summed E-state index contributed by atoms with van der Waals surface area (Å²) in [5, 5.41) is 37.5. The van der Waals surface area contributed by atoms with Crippen molar-refractivity contribution in [2.45, 2.75) is 0 Å². The zero-order valence-electron chi connectivity index (χ0n) is 18.9. The first-order valence-electron chi connectivity index (χ1n) is 10.5. The number of halogens is 3. The fraction of sp³-hybridized carbons (Fsp3) is 0. The van der Waals surface area contributed by atoms with Crippen molar-refractivity contribution in [2.75, 3.05) is 0 Å². The molecule has 0 aliphatic carbocycles. The Labute approximate surface area is 237 Å². The molecule has 10 heteroatoms. The van der Waals surface area contributed by atoms with Gasteiger partial charge < -0.3 is 15.3 Å². The molecule has 0 N–H and O–H groups in total. The molecule has 0 unspecified atom stereocenters. The molecule has 37 heavy (non-hydrogen) atoms. The van der Waals surface area contributed by atoms with Gasteiger partial charge in [0, 0.05) is 49.8 Å². The summed E-state index contributed by atoms with van der Waals surface area (Å²) in [6, 6.07) is 19.7. The van der Waals surface area contributed by atoms with Gasteiger partial charge in [-0.15, -0.1) is 0 Å². The molecule has 0 atom stereocenters. The minimum atomic E-state index is -0.0880. The van der Waals surface area contributed by atoms with Crippen LogP contribution in [-0.2, 0) is 0 Å². The molecule has 180 valence electrons. The van der Waals surface area contributed by atoms with Gasteiger partial charge in [-0.05, 0) is 54.6 Å². The second-order valence-electron chi connectivity index (χ2n) is 7.34. The van der Waals surface area contributed by atoms with Crippen LogP contribution in [0.5, 0.6) is 17.2 Å². The van der Waals surface area contributed by atoms with Gasteiger partial charge in [0.15, 0.2) is 0 Å². The zero-order chi connectivity index (χ0) is 25.7. The van der Waals surface area contributed by atoms with Gasteiger partial charge in [0.05, 0.1) is 16.6 Å². The molecule has 0 bridgehead atoms. The van der Waals surface area contributed by atoms with E-state index in [4.69, 9.17) is 34.8 Å². The molecular weight excluding hydrogens is 548 g/mol. The largest absolute Gasteiger partial charge is 3.00 e. The van der Waals surface area contributed by atoms with E-state index in [1.54, 1.807) is 73.2 Å². The van der Waals surface area contributed by atoms with Crippen LogP contribution >= 0.6 is 34.8 Å². The van der Waals surface area contributed by atoms with E-state index in [0.29, 0.717) is 47.8 Å². The number of hydrogen-bond donors (Lipinski definition) is 0. The number of benzene rings is 3. The van der Waals surface area contributed by atoms with Crippen molar-refractivity contribution in [3.8, 4) is 17.2 Å². The van der Waals surface area contributed by atoms with Crippen molar-refractivity contribution >= 4 is 84.9 Å². The third-order valence-electron chi connectivity index (χ3n) is 5.04. The predicted octanol–water partition coefficient (Wildman–Crippen LogP) is 5.50. The number of rotatable bonds is 0. The van der Waals surface area contributed by atoms with Gasteiger partial charge >= 0.3 is 17.4 Å². The second-order valence-corrected chi connectivity index (χ2v) is 8.56. The van der Waals surface area contributed by atoms with Gasteiger partial charge in [0.25, 0.3) is 0 Å². The topological polar surface area (TPSA) is 108 Å². The van der Waals surface area contributed by atoms with Crippen LogP contribution in [0.2, 0.25) is 15.1 Å². The molecule has 6 aromatic rings. The average Bonchev–Trinajstić information content (AvgIpc) is 2.92. The van der Waals surface area contributed by atoms with E-state index < -0.39 is 0 Å². The molecule has 3 heterocycles. The number of hydrogen-bond acceptors (Lipinski definition) is 6. The number of aromatic nitrogens is 3. The van der Waals surface area contributed by atoms with Gasteiger partial charge in [0.1, 0.15) is 0 Å². The predicted molar refractivity (Wildman–Crippen MR) is 144 cm³/mol. The third-order valence-corrected chi connectivity index (χ3v) is 6.03. The van der Waals surface area contributed by atoms with E-state index in [-0.39, 0.29) is 34.6 Å². The first kappa shape index (κ1) is 28.3. The molecule has 0 spiro atoms. The number of pyridine rings is 3. The van der Waals surface area contributed by atoms with E-state index in [2.05, 4.69) is 15.0 Å². The normalized spacial score (nSPS) is 10.1. The van der Waals surface area contributed by atoms with E-state index in [1.807, 2.05) is 0 Å². The van der Waals surface area contributed by atoms with Gasteiger partial charge in [0.2, 0.25) is 0 Å². The summed E-state index contributed by atoms with van der Waals surface area (Å²) >= 11 is 17.6. The molecule has 3 aromatic carbocycles. The Morgan fingerprint density at radius 3 is 0.946 bits per heavy atom. The molecule has 0 aliphatic rings. The molecule has 0 saturated carbocycles. The van der Waals surface area contributed by atoms with Crippen molar-refractivity contribution in [2.24, 2.45) is 0 Å². The van der Waals surface area contributed by atoms with Crippen molar-refractivity contribution in [3.63, 3.8) is 0 Å². The Hall–Kier alpha value is -3.31. The Balaban J connectivity index is 0.000000152. The monoisotopic (exact) mass is 561 g/mol. The van der Waals surface area contributed by atoms with E-state index >= 15 is 0 Å². The maximum Gasteiger partial charge on any atom is 3.00 e. The van der Waals surface area contributed by atoms with Crippen LogP contribution in [0.1, 0.15) is 0 Å². The number of fused-ring (bicyclic) bond motifs is 3. The Kier molecular flexibility index (Phi) is 9.76. The van der Waals surface area contributed by atoms with Crippen molar-refractivity contribution in [1.82, 2.24) is 15.0 Å². The second kappa shape index (κ2) is 12.8. The summed E-state index contributed by atoms with van der Waals surface area (Å²) in [5.74, 6) is -0.264. The third kappa shape index (κ3) is 6.53.